The molecule has 0 bridgehead atoms. The fourth-order valence-corrected chi connectivity index (χ4v) is 4.52. The minimum atomic E-state index is 0.876. The highest BCUT2D eigenvalue weighted by molar-refractivity contribution is 5.11. The maximum Gasteiger partial charge on any atom is -0.0238 e. The van der Waals surface area contributed by atoms with Gasteiger partial charge >= 0.3 is 0 Å². The zero-order chi connectivity index (χ0) is 8.18. The molecule has 0 aromatic carbocycles. The summed E-state index contributed by atoms with van der Waals surface area (Å²) < 4.78 is 0. The molecule has 3 saturated carbocycles. The van der Waals surface area contributed by atoms with Gasteiger partial charge in [-0.25, -0.2) is 0 Å². The van der Waals surface area contributed by atoms with Crippen molar-refractivity contribution < 1.29 is 0 Å². The van der Waals surface area contributed by atoms with Gasteiger partial charge in [0.1, 0.15) is 0 Å². The van der Waals surface area contributed by atoms with Crippen molar-refractivity contribution in [1.82, 2.24) is 0 Å². The highest BCUT2D eigenvalue weighted by Gasteiger charge is 2.62. The second-order valence-electron chi connectivity index (χ2n) is 5.43. The van der Waals surface area contributed by atoms with Crippen LogP contribution in [0.25, 0.3) is 0 Å². The van der Waals surface area contributed by atoms with Crippen molar-refractivity contribution in [3.8, 4) is 0 Å². The lowest BCUT2D eigenvalue weighted by Crippen LogP contribution is -2.61. The van der Waals surface area contributed by atoms with Gasteiger partial charge in [-0.3, -0.25) is 0 Å². The van der Waals surface area contributed by atoms with Crippen molar-refractivity contribution in [2.75, 3.05) is 0 Å². The van der Waals surface area contributed by atoms with Gasteiger partial charge in [-0.15, -0.1) is 0 Å². The summed E-state index contributed by atoms with van der Waals surface area (Å²) >= 11 is 0. The maximum atomic E-state index is 2.53. The van der Waals surface area contributed by atoms with Gasteiger partial charge in [0.15, 0.2) is 0 Å². The second-order valence-corrected chi connectivity index (χ2v) is 5.43. The molecule has 0 amide bonds. The highest BCUT2D eigenvalue weighted by atomic mass is 14.7. The molecular weight excluding hydrogens is 144 g/mol. The maximum absolute atomic E-state index is 2.53. The van der Waals surface area contributed by atoms with Crippen molar-refractivity contribution in [2.45, 2.75) is 51.9 Å². The van der Waals surface area contributed by atoms with Crippen LogP contribution >= 0.6 is 0 Å². The highest BCUT2D eigenvalue weighted by Crippen LogP contribution is 2.70. The van der Waals surface area contributed by atoms with E-state index in [1.807, 2.05) is 0 Å². The van der Waals surface area contributed by atoms with Gasteiger partial charge in [0, 0.05) is 0 Å². The van der Waals surface area contributed by atoms with Gasteiger partial charge in [0.2, 0.25) is 0 Å². The molecule has 3 unspecified atom stereocenters. The summed E-state index contributed by atoms with van der Waals surface area (Å²) in [6.45, 7) is 2.53. The van der Waals surface area contributed by atoms with Crippen LogP contribution in [0.4, 0.5) is 0 Å². The van der Waals surface area contributed by atoms with Crippen molar-refractivity contribution in [3.05, 3.63) is 0 Å². The van der Waals surface area contributed by atoms with E-state index in [4.69, 9.17) is 0 Å². The third kappa shape index (κ3) is 0.661. The first-order valence-electron chi connectivity index (χ1n) is 5.84. The molecule has 12 heavy (non-hydrogen) atoms. The molecular formula is C12H20. The third-order valence-corrected chi connectivity index (χ3v) is 5.40. The van der Waals surface area contributed by atoms with Crippen molar-refractivity contribution >= 4 is 0 Å². The van der Waals surface area contributed by atoms with Gasteiger partial charge in [0.05, 0.1) is 0 Å². The molecule has 3 aliphatic carbocycles. The summed E-state index contributed by atoms with van der Waals surface area (Å²) in [4.78, 5) is 0. The normalized spacial score (nSPS) is 49.2. The smallest absolute Gasteiger partial charge is 0.0238 e. The zero-order valence-electron chi connectivity index (χ0n) is 8.18. The van der Waals surface area contributed by atoms with Gasteiger partial charge < -0.3 is 0 Å². The van der Waals surface area contributed by atoms with E-state index in [2.05, 4.69) is 6.92 Å². The van der Waals surface area contributed by atoms with Crippen LogP contribution in [0.15, 0.2) is 0 Å². The van der Waals surface area contributed by atoms with E-state index in [0.717, 1.165) is 11.3 Å². The summed E-state index contributed by atoms with van der Waals surface area (Å²) in [5.41, 5.74) is 0.876. The van der Waals surface area contributed by atoms with E-state index in [1.165, 1.54) is 31.1 Å². The predicted octanol–water partition coefficient (Wildman–Crippen LogP) is 3.61. The standard InChI is InChI=1S/C12H20/c1-9-10-5-6-11(10)12(9)7-3-2-4-8-12/h9-11H,2-8H2,1H3. The molecule has 0 nitrogen and oxygen atoms in total. The van der Waals surface area contributed by atoms with Crippen LogP contribution < -0.4 is 0 Å². The minimum Gasteiger partial charge on any atom is -0.0617 e. The quantitative estimate of drug-likeness (QED) is 0.513. The molecule has 68 valence electrons. The molecule has 3 aliphatic rings. The Morgan fingerprint density at radius 1 is 1.00 bits per heavy atom. The number of hydrogen-bond donors (Lipinski definition) is 0. The lowest BCUT2D eigenvalue weighted by atomic mass is 9.36. The molecule has 3 fully saturated rings. The van der Waals surface area contributed by atoms with Crippen LogP contribution in [0.1, 0.15) is 51.9 Å². The van der Waals surface area contributed by atoms with Crippen LogP contribution in [-0.2, 0) is 0 Å². The third-order valence-electron chi connectivity index (χ3n) is 5.40. The summed E-state index contributed by atoms with van der Waals surface area (Å²) in [6.07, 6.45) is 10.9. The van der Waals surface area contributed by atoms with Gasteiger partial charge in [-0.1, -0.05) is 26.2 Å². The van der Waals surface area contributed by atoms with Crippen LogP contribution in [0.2, 0.25) is 0 Å². The summed E-state index contributed by atoms with van der Waals surface area (Å²) in [5.74, 6) is 3.45. The number of fused-ring (bicyclic) bond motifs is 2. The Labute approximate surface area is 75.7 Å². The molecule has 0 radical (unpaired) electrons. The second kappa shape index (κ2) is 2.27. The number of hydrogen-bond acceptors (Lipinski definition) is 0. The Hall–Kier alpha value is 0. The van der Waals surface area contributed by atoms with Crippen LogP contribution in [0.3, 0.4) is 0 Å². The first kappa shape index (κ1) is 7.41. The van der Waals surface area contributed by atoms with Crippen LogP contribution in [0.5, 0.6) is 0 Å². The zero-order valence-corrected chi connectivity index (χ0v) is 8.18. The van der Waals surface area contributed by atoms with Gasteiger partial charge in [0.25, 0.3) is 0 Å². The lowest BCUT2D eigenvalue weighted by molar-refractivity contribution is -0.195. The molecule has 3 rings (SSSR count). The summed E-state index contributed by atoms with van der Waals surface area (Å²) in [6, 6.07) is 0. The number of rotatable bonds is 0. The van der Waals surface area contributed by atoms with Crippen LogP contribution in [-0.4, -0.2) is 0 Å². The Morgan fingerprint density at radius 3 is 2.25 bits per heavy atom. The largest absolute Gasteiger partial charge is 0.0617 e. The monoisotopic (exact) mass is 164 g/mol. The fourth-order valence-electron chi connectivity index (χ4n) is 4.52. The van der Waals surface area contributed by atoms with E-state index in [-0.39, 0.29) is 0 Å². The molecule has 0 heterocycles. The molecule has 0 aromatic rings. The van der Waals surface area contributed by atoms with E-state index in [9.17, 15) is 0 Å². The van der Waals surface area contributed by atoms with E-state index in [1.54, 1.807) is 25.7 Å². The molecule has 3 atom stereocenters. The first-order chi connectivity index (χ1) is 5.84. The molecule has 0 aliphatic heterocycles. The topological polar surface area (TPSA) is 0 Å². The average molecular weight is 164 g/mol. The first-order valence-corrected chi connectivity index (χ1v) is 5.84. The van der Waals surface area contributed by atoms with Crippen molar-refractivity contribution in [1.29, 1.82) is 0 Å². The molecule has 0 heteroatoms. The summed E-state index contributed by atoms with van der Waals surface area (Å²) in [7, 11) is 0. The molecule has 0 N–H and O–H groups in total. The van der Waals surface area contributed by atoms with Gasteiger partial charge in [-0.2, -0.15) is 0 Å². The van der Waals surface area contributed by atoms with Crippen molar-refractivity contribution in [2.24, 2.45) is 23.2 Å². The molecule has 0 saturated heterocycles. The fraction of sp³-hybridized carbons (Fsp3) is 1.00. The Balaban J connectivity index is 1.80. The van der Waals surface area contributed by atoms with Crippen LogP contribution in [0, 0.1) is 23.2 Å². The SMILES string of the molecule is CC1C2CCC2C12CCCCC2. The van der Waals surface area contributed by atoms with E-state index in [0.29, 0.717) is 0 Å². The average Bonchev–Trinajstić information content (AvgIpc) is 2.04. The Kier molecular flexibility index (Phi) is 1.40. The Bertz CT molecular complexity index is 180. The minimum absolute atomic E-state index is 0.876. The van der Waals surface area contributed by atoms with E-state index < -0.39 is 0 Å². The summed E-state index contributed by atoms with van der Waals surface area (Å²) in [5, 5.41) is 0. The molecule has 1 spiro atoms. The van der Waals surface area contributed by atoms with E-state index >= 15 is 0 Å². The Morgan fingerprint density at radius 2 is 1.75 bits per heavy atom. The van der Waals surface area contributed by atoms with Gasteiger partial charge in [-0.05, 0) is 48.9 Å². The van der Waals surface area contributed by atoms with Crippen molar-refractivity contribution in [3.63, 3.8) is 0 Å². The lowest BCUT2D eigenvalue weighted by Gasteiger charge is -2.68. The molecule has 0 aromatic heterocycles. The predicted molar refractivity (Wildman–Crippen MR) is 50.9 cm³/mol.